The van der Waals surface area contributed by atoms with Crippen LogP contribution in [0, 0.1) is 0 Å². The summed E-state index contributed by atoms with van der Waals surface area (Å²) in [5, 5.41) is 9.89. The first-order valence-corrected chi connectivity index (χ1v) is 6.68. The molecule has 1 aromatic carbocycles. The first-order chi connectivity index (χ1) is 8.16. The largest absolute Gasteiger partial charge is 0.390 e. The molecule has 2 aliphatic rings. The van der Waals surface area contributed by atoms with Crippen molar-refractivity contribution in [3.63, 3.8) is 0 Å². The minimum atomic E-state index is -0.385. The number of rotatable bonds is 4. The maximum Gasteiger partial charge on any atom is 0.0690 e. The van der Waals surface area contributed by atoms with Gasteiger partial charge in [-0.15, -0.1) is 0 Å². The van der Waals surface area contributed by atoms with Crippen LogP contribution in [0.2, 0.25) is 0 Å². The highest BCUT2D eigenvalue weighted by Gasteiger charge is 2.40. The first-order valence-electron chi connectivity index (χ1n) is 6.68. The second-order valence-electron chi connectivity index (χ2n) is 5.94. The first kappa shape index (κ1) is 11.2. The fourth-order valence-electron chi connectivity index (χ4n) is 2.89. The summed E-state index contributed by atoms with van der Waals surface area (Å²) < 4.78 is 0. The standard InChI is InChI=1S/C15H21NO/c16-11-14(6-1-7-14)13-4-2-12(3-5-13)10-15(17)8-9-15/h2-5,17H,1,6-11,16H2. The van der Waals surface area contributed by atoms with E-state index in [1.54, 1.807) is 0 Å². The lowest BCUT2D eigenvalue weighted by molar-refractivity contribution is 0.151. The lowest BCUT2D eigenvalue weighted by Crippen LogP contribution is -2.41. The molecule has 2 saturated carbocycles. The van der Waals surface area contributed by atoms with Gasteiger partial charge in [-0.25, -0.2) is 0 Å². The van der Waals surface area contributed by atoms with Crippen molar-refractivity contribution >= 4 is 0 Å². The maximum absolute atomic E-state index is 9.89. The summed E-state index contributed by atoms with van der Waals surface area (Å²) >= 11 is 0. The Labute approximate surface area is 103 Å². The minimum Gasteiger partial charge on any atom is -0.390 e. The van der Waals surface area contributed by atoms with Crippen LogP contribution in [0.25, 0.3) is 0 Å². The van der Waals surface area contributed by atoms with Crippen molar-refractivity contribution in [2.24, 2.45) is 5.73 Å². The molecule has 0 aromatic heterocycles. The van der Waals surface area contributed by atoms with Crippen LogP contribution in [0.3, 0.4) is 0 Å². The molecule has 0 saturated heterocycles. The molecule has 0 spiro atoms. The Balaban J connectivity index is 1.75. The van der Waals surface area contributed by atoms with Gasteiger partial charge in [-0.05, 0) is 36.8 Å². The molecule has 0 amide bonds. The van der Waals surface area contributed by atoms with Gasteiger partial charge >= 0.3 is 0 Å². The average molecular weight is 231 g/mol. The number of hydrogen-bond donors (Lipinski definition) is 2. The van der Waals surface area contributed by atoms with Crippen LogP contribution in [0.5, 0.6) is 0 Å². The SMILES string of the molecule is NCC1(c2ccc(CC3(O)CC3)cc2)CCC1. The van der Waals surface area contributed by atoms with E-state index in [9.17, 15) is 5.11 Å². The van der Waals surface area contributed by atoms with Gasteiger partial charge in [0.05, 0.1) is 5.60 Å². The van der Waals surface area contributed by atoms with Crippen molar-refractivity contribution in [3.05, 3.63) is 35.4 Å². The molecular formula is C15H21NO. The Kier molecular flexibility index (Phi) is 2.53. The van der Waals surface area contributed by atoms with Gasteiger partial charge < -0.3 is 10.8 Å². The zero-order valence-corrected chi connectivity index (χ0v) is 10.3. The van der Waals surface area contributed by atoms with Crippen LogP contribution in [0.1, 0.15) is 43.2 Å². The van der Waals surface area contributed by atoms with E-state index in [-0.39, 0.29) is 11.0 Å². The molecule has 2 nitrogen and oxygen atoms in total. The summed E-state index contributed by atoms with van der Waals surface area (Å²) in [6.45, 7) is 0.760. The lowest BCUT2D eigenvalue weighted by atomic mass is 9.64. The summed E-state index contributed by atoms with van der Waals surface area (Å²) in [5.41, 5.74) is 8.42. The fourth-order valence-corrected chi connectivity index (χ4v) is 2.89. The highest BCUT2D eigenvalue weighted by molar-refractivity contribution is 5.32. The molecule has 2 fully saturated rings. The predicted molar refractivity (Wildman–Crippen MR) is 68.9 cm³/mol. The van der Waals surface area contributed by atoms with E-state index in [4.69, 9.17) is 5.73 Å². The van der Waals surface area contributed by atoms with E-state index in [2.05, 4.69) is 24.3 Å². The van der Waals surface area contributed by atoms with Crippen LogP contribution in [0.15, 0.2) is 24.3 Å². The third kappa shape index (κ3) is 2.00. The predicted octanol–water partition coefficient (Wildman–Crippen LogP) is 2.13. The van der Waals surface area contributed by atoms with Gasteiger partial charge in [0.1, 0.15) is 0 Å². The Hall–Kier alpha value is -0.860. The Morgan fingerprint density at radius 3 is 2.12 bits per heavy atom. The third-order valence-electron chi connectivity index (χ3n) is 4.63. The number of nitrogens with two attached hydrogens (primary N) is 1. The number of aliphatic hydroxyl groups is 1. The Morgan fingerprint density at radius 2 is 1.71 bits per heavy atom. The molecule has 0 bridgehead atoms. The summed E-state index contributed by atoms with van der Waals surface area (Å²) in [6, 6.07) is 8.77. The van der Waals surface area contributed by atoms with Crippen LogP contribution in [0.4, 0.5) is 0 Å². The average Bonchev–Trinajstić information content (AvgIpc) is 2.98. The molecule has 17 heavy (non-hydrogen) atoms. The van der Waals surface area contributed by atoms with Crippen molar-refractivity contribution in [2.75, 3.05) is 6.54 Å². The molecule has 2 heteroatoms. The van der Waals surface area contributed by atoms with Gasteiger partial charge in [0, 0.05) is 18.4 Å². The number of hydrogen-bond acceptors (Lipinski definition) is 2. The zero-order valence-electron chi connectivity index (χ0n) is 10.3. The molecule has 92 valence electrons. The van der Waals surface area contributed by atoms with Crippen LogP contribution in [-0.4, -0.2) is 17.3 Å². The quantitative estimate of drug-likeness (QED) is 0.834. The highest BCUT2D eigenvalue weighted by Crippen LogP contribution is 2.43. The Morgan fingerprint density at radius 1 is 1.06 bits per heavy atom. The minimum absolute atomic E-state index is 0.259. The molecule has 0 aliphatic heterocycles. The smallest absolute Gasteiger partial charge is 0.0690 e. The van der Waals surface area contributed by atoms with Gasteiger partial charge in [0.15, 0.2) is 0 Å². The van der Waals surface area contributed by atoms with Crippen LogP contribution in [-0.2, 0) is 11.8 Å². The van der Waals surface area contributed by atoms with Gasteiger partial charge in [-0.1, -0.05) is 30.7 Å². The lowest BCUT2D eigenvalue weighted by Gasteiger charge is -2.41. The van der Waals surface area contributed by atoms with E-state index in [0.717, 1.165) is 25.8 Å². The van der Waals surface area contributed by atoms with Crippen LogP contribution >= 0.6 is 0 Å². The molecule has 0 radical (unpaired) electrons. The monoisotopic (exact) mass is 231 g/mol. The van der Waals surface area contributed by atoms with Gasteiger partial charge in [0.25, 0.3) is 0 Å². The fraction of sp³-hybridized carbons (Fsp3) is 0.600. The van der Waals surface area contributed by atoms with Gasteiger partial charge in [-0.3, -0.25) is 0 Å². The molecule has 0 heterocycles. The Bertz CT molecular complexity index is 396. The van der Waals surface area contributed by atoms with E-state index in [1.807, 2.05) is 0 Å². The molecule has 1 aromatic rings. The highest BCUT2D eigenvalue weighted by atomic mass is 16.3. The summed E-state index contributed by atoms with van der Waals surface area (Å²) in [5.74, 6) is 0. The normalized spacial score (nSPS) is 24.1. The number of benzene rings is 1. The molecule has 2 aliphatic carbocycles. The topological polar surface area (TPSA) is 46.2 Å². The molecular weight excluding hydrogens is 210 g/mol. The van der Waals surface area contributed by atoms with Crippen molar-refractivity contribution in [2.45, 2.75) is 49.5 Å². The summed E-state index contributed by atoms with van der Waals surface area (Å²) in [7, 11) is 0. The van der Waals surface area contributed by atoms with Gasteiger partial charge in [0.2, 0.25) is 0 Å². The molecule has 3 rings (SSSR count). The molecule has 3 N–H and O–H groups in total. The molecule has 0 unspecified atom stereocenters. The van der Waals surface area contributed by atoms with E-state index in [0.29, 0.717) is 0 Å². The third-order valence-corrected chi connectivity index (χ3v) is 4.63. The van der Waals surface area contributed by atoms with Crippen molar-refractivity contribution < 1.29 is 5.11 Å². The van der Waals surface area contributed by atoms with Crippen molar-refractivity contribution in [3.8, 4) is 0 Å². The van der Waals surface area contributed by atoms with Crippen molar-refractivity contribution in [1.29, 1.82) is 0 Å². The maximum atomic E-state index is 9.89. The second-order valence-corrected chi connectivity index (χ2v) is 5.94. The van der Waals surface area contributed by atoms with Gasteiger partial charge in [-0.2, -0.15) is 0 Å². The van der Waals surface area contributed by atoms with E-state index >= 15 is 0 Å². The van der Waals surface area contributed by atoms with E-state index in [1.165, 1.54) is 30.4 Å². The second kappa shape index (κ2) is 3.82. The summed E-state index contributed by atoms with van der Waals surface area (Å²) in [4.78, 5) is 0. The summed E-state index contributed by atoms with van der Waals surface area (Å²) in [6.07, 6.45) is 6.49. The molecule has 0 atom stereocenters. The van der Waals surface area contributed by atoms with E-state index < -0.39 is 0 Å². The van der Waals surface area contributed by atoms with Crippen molar-refractivity contribution in [1.82, 2.24) is 0 Å². The van der Waals surface area contributed by atoms with Crippen LogP contribution < -0.4 is 5.73 Å². The zero-order chi connectivity index (χ0) is 11.9.